The van der Waals surface area contributed by atoms with Crippen LogP contribution in [0, 0.1) is 5.82 Å². The summed E-state index contributed by atoms with van der Waals surface area (Å²) in [6.07, 6.45) is -2.13. The third kappa shape index (κ3) is 1.92. The molecule has 0 amide bonds. The summed E-state index contributed by atoms with van der Waals surface area (Å²) in [6.45, 7) is -0.229. The van der Waals surface area contributed by atoms with Gasteiger partial charge in [-0.25, -0.2) is 13.2 Å². The number of nitrogens with zero attached hydrogens (tertiary/aromatic N) is 1. The van der Waals surface area contributed by atoms with Crippen molar-refractivity contribution in [2.45, 2.75) is 13.0 Å². The molecule has 1 rings (SSSR count). The van der Waals surface area contributed by atoms with Gasteiger partial charge in [-0.1, -0.05) is 11.6 Å². The van der Waals surface area contributed by atoms with Crippen molar-refractivity contribution < 1.29 is 13.2 Å². The fourth-order valence-corrected chi connectivity index (χ4v) is 1.16. The maximum absolute atomic E-state index is 12.8. The van der Waals surface area contributed by atoms with E-state index >= 15 is 0 Å². The minimum atomic E-state index is -2.82. The van der Waals surface area contributed by atoms with E-state index in [1.54, 1.807) is 0 Å². The summed E-state index contributed by atoms with van der Waals surface area (Å²) >= 11 is 5.45. The first-order valence-corrected chi connectivity index (χ1v) is 3.76. The molecule has 72 valence electrons. The van der Waals surface area contributed by atoms with Gasteiger partial charge in [0.05, 0.1) is 11.2 Å². The van der Waals surface area contributed by atoms with Crippen LogP contribution in [0.2, 0.25) is 5.02 Å². The summed E-state index contributed by atoms with van der Waals surface area (Å²) < 4.78 is 37.2. The molecule has 1 aromatic rings. The molecule has 0 radical (unpaired) electrons. The van der Waals surface area contributed by atoms with Crippen LogP contribution in [0.1, 0.15) is 17.7 Å². The Hall–Kier alpha value is -0.810. The van der Waals surface area contributed by atoms with E-state index in [4.69, 9.17) is 17.3 Å². The van der Waals surface area contributed by atoms with Crippen LogP contribution in [0.25, 0.3) is 0 Å². The van der Waals surface area contributed by atoms with Crippen LogP contribution in [0.5, 0.6) is 0 Å². The van der Waals surface area contributed by atoms with Crippen LogP contribution in [0.4, 0.5) is 13.2 Å². The molecule has 0 aliphatic carbocycles. The van der Waals surface area contributed by atoms with Crippen molar-refractivity contribution >= 4 is 11.6 Å². The van der Waals surface area contributed by atoms with Crippen molar-refractivity contribution in [1.82, 2.24) is 4.98 Å². The third-order valence-electron chi connectivity index (χ3n) is 1.51. The topological polar surface area (TPSA) is 38.9 Å². The summed E-state index contributed by atoms with van der Waals surface area (Å²) in [6, 6.07) is 0. The summed E-state index contributed by atoms with van der Waals surface area (Å²) in [5, 5.41) is -0.391. The fraction of sp³-hybridized carbons (Fsp3) is 0.286. The summed E-state index contributed by atoms with van der Waals surface area (Å²) in [4.78, 5) is 3.17. The van der Waals surface area contributed by atoms with Crippen molar-refractivity contribution in [2.75, 3.05) is 0 Å². The lowest BCUT2D eigenvalue weighted by molar-refractivity contribution is 0.146. The van der Waals surface area contributed by atoms with Crippen molar-refractivity contribution in [3.8, 4) is 0 Å². The highest BCUT2D eigenvalue weighted by atomic mass is 35.5. The van der Waals surface area contributed by atoms with Crippen molar-refractivity contribution in [3.63, 3.8) is 0 Å². The SMILES string of the molecule is NCc1c(F)cnc(C(F)F)c1Cl. The number of alkyl halides is 2. The maximum Gasteiger partial charge on any atom is 0.281 e. The number of rotatable bonds is 2. The summed E-state index contributed by atoms with van der Waals surface area (Å²) in [7, 11) is 0. The smallest absolute Gasteiger partial charge is 0.281 e. The molecule has 1 heterocycles. The van der Waals surface area contributed by atoms with Gasteiger partial charge in [0.2, 0.25) is 0 Å². The molecule has 0 aliphatic heterocycles. The number of halogens is 4. The second-order valence-corrected chi connectivity index (χ2v) is 2.67. The first-order valence-electron chi connectivity index (χ1n) is 3.39. The zero-order valence-corrected chi connectivity index (χ0v) is 7.15. The van der Waals surface area contributed by atoms with E-state index in [-0.39, 0.29) is 12.1 Å². The van der Waals surface area contributed by atoms with Crippen molar-refractivity contribution in [3.05, 3.63) is 28.3 Å². The van der Waals surface area contributed by atoms with Crippen LogP contribution in [0.3, 0.4) is 0 Å². The number of aromatic nitrogens is 1. The van der Waals surface area contributed by atoms with E-state index in [0.717, 1.165) is 0 Å². The van der Waals surface area contributed by atoms with Gasteiger partial charge in [0.25, 0.3) is 6.43 Å². The van der Waals surface area contributed by atoms with Crippen LogP contribution in [0.15, 0.2) is 6.20 Å². The molecule has 2 N–H and O–H groups in total. The van der Waals surface area contributed by atoms with E-state index in [9.17, 15) is 13.2 Å². The Labute approximate surface area is 77.5 Å². The molecule has 0 unspecified atom stereocenters. The Balaban J connectivity index is 3.27. The Morgan fingerprint density at radius 3 is 2.62 bits per heavy atom. The van der Waals surface area contributed by atoms with Gasteiger partial charge in [0.1, 0.15) is 11.5 Å². The predicted octanol–water partition coefficient (Wildman–Crippen LogP) is 2.27. The van der Waals surface area contributed by atoms with Crippen LogP contribution in [-0.4, -0.2) is 4.98 Å². The van der Waals surface area contributed by atoms with Crippen LogP contribution < -0.4 is 5.73 Å². The molecular formula is C7H6ClF3N2. The maximum atomic E-state index is 12.8. The minimum Gasteiger partial charge on any atom is -0.326 e. The molecule has 0 saturated heterocycles. The standard InChI is InChI=1S/C7H6ClF3N2/c8-5-3(1-12)4(9)2-13-6(5)7(10)11/h2,7H,1,12H2. The monoisotopic (exact) mass is 210 g/mol. The zero-order chi connectivity index (χ0) is 10.0. The van der Waals surface area contributed by atoms with Gasteiger partial charge >= 0.3 is 0 Å². The van der Waals surface area contributed by atoms with Gasteiger partial charge in [0.15, 0.2) is 0 Å². The third-order valence-corrected chi connectivity index (χ3v) is 1.93. The zero-order valence-electron chi connectivity index (χ0n) is 6.40. The highest BCUT2D eigenvalue weighted by molar-refractivity contribution is 6.32. The quantitative estimate of drug-likeness (QED) is 0.813. The molecule has 0 bridgehead atoms. The van der Waals surface area contributed by atoms with E-state index in [0.29, 0.717) is 6.20 Å². The Kier molecular flexibility index (Phi) is 3.11. The van der Waals surface area contributed by atoms with E-state index in [1.165, 1.54) is 0 Å². The largest absolute Gasteiger partial charge is 0.326 e. The van der Waals surface area contributed by atoms with Gasteiger partial charge < -0.3 is 5.73 Å². The molecule has 13 heavy (non-hydrogen) atoms. The molecule has 0 spiro atoms. The van der Waals surface area contributed by atoms with Crippen molar-refractivity contribution in [1.29, 1.82) is 0 Å². The van der Waals surface area contributed by atoms with E-state index in [2.05, 4.69) is 4.98 Å². The van der Waals surface area contributed by atoms with Crippen molar-refractivity contribution in [2.24, 2.45) is 5.73 Å². The molecule has 6 heteroatoms. The van der Waals surface area contributed by atoms with Gasteiger partial charge in [-0.15, -0.1) is 0 Å². The van der Waals surface area contributed by atoms with Gasteiger partial charge in [-0.05, 0) is 0 Å². The van der Waals surface area contributed by atoms with Crippen LogP contribution >= 0.6 is 11.6 Å². The number of pyridine rings is 1. The molecule has 0 atom stereocenters. The fourth-order valence-electron chi connectivity index (χ4n) is 0.859. The van der Waals surface area contributed by atoms with Crippen LogP contribution in [-0.2, 0) is 6.54 Å². The first kappa shape index (κ1) is 10.3. The predicted molar refractivity (Wildman–Crippen MR) is 42.1 cm³/mol. The number of nitrogens with two attached hydrogens (primary N) is 1. The van der Waals surface area contributed by atoms with Gasteiger partial charge in [-0.3, -0.25) is 4.98 Å². The van der Waals surface area contributed by atoms with Gasteiger partial charge in [0, 0.05) is 12.1 Å². The average molecular weight is 211 g/mol. The Bertz CT molecular complexity index is 317. The first-order chi connectivity index (χ1) is 6.07. The highest BCUT2D eigenvalue weighted by Gasteiger charge is 2.18. The molecule has 1 aromatic heterocycles. The molecule has 0 saturated carbocycles. The molecular weight excluding hydrogens is 205 g/mol. The molecule has 0 fully saturated rings. The molecule has 0 aromatic carbocycles. The molecule has 2 nitrogen and oxygen atoms in total. The minimum absolute atomic E-state index is 0.132. The summed E-state index contributed by atoms with van der Waals surface area (Å²) in [5.41, 5.74) is 4.36. The van der Waals surface area contributed by atoms with Gasteiger partial charge in [-0.2, -0.15) is 0 Å². The second-order valence-electron chi connectivity index (χ2n) is 2.29. The highest BCUT2D eigenvalue weighted by Crippen LogP contribution is 2.28. The number of hydrogen-bond acceptors (Lipinski definition) is 2. The summed E-state index contributed by atoms with van der Waals surface area (Å²) in [5.74, 6) is -0.767. The average Bonchev–Trinajstić information content (AvgIpc) is 2.04. The lowest BCUT2D eigenvalue weighted by Crippen LogP contribution is -2.05. The second kappa shape index (κ2) is 3.93. The Morgan fingerprint density at radius 1 is 1.54 bits per heavy atom. The number of hydrogen-bond donors (Lipinski definition) is 1. The van der Waals surface area contributed by atoms with E-state index in [1.807, 2.05) is 0 Å². The molecule has 0 aliphatic rings. The Morgan fingerprint density at radius 2 is 2.15 bits per heavy atom. The van der Waals surface area contributed by atoms with E-state index < -0.39 is 23.0 Å². The lowest BCUT2D eigenvalue weighted by Gasteiger charge is -2.06. The lowest BCUT2D eigenvalue weighted by atomic mass is 10.2. The normalized spacial score (nSPS) is 10.9.